The third-order valence-electron chi connectivity index (χ3n) is 2.98. The van der Waals surface area contributed by atoms with Crippen LogP contribution >= 0.6 is 0 Å². The molecule has 116 valence electrons. The normalized spacial score (nSPS) is 10.0. The lowest BCUT2D eigenvalue weighted by atomic mass is 10.2. The van der Waals surface area contributed by atoms with Crippen LogP contribution in [0.2, 0.25) is 0 Å². The number of ether oxygens (including phenoxy) is 2. The first-order chi connectivity index (χ1) is 10.1. The van der Waals surface area contributed by atoms with Crippen molar-refractivity contribution < 1.29 is 19.1 Å². The number of esters is 1. The monoisotopic (exact) mass is 293 g/mol. The van der Waals surface area contributed by atoms with Gasteiger partial charge in [-0.05, 0) is 31.5 Å². The third kappa shape index (κ3) is 5.85. The van der Waals surface area contributed by atoms with Crippen molar-refractivity contribution in [1.29, 1.82) is 0 Å². The van der Waals surface area contributed by atoms with Crippen molar-refractivity contribution >= 4 is 11.9 Å². The highest BCUT2D eigenvalue weighted by Crippen LogP contribution is 2.14. The molecule has 0 atom stereocenters. The van der Waals surface area contributed by atoms with Crippen molar-refractivity contribution in [2.45, 2.75) is 26.7 Å². The molecule has 0 saturated carbocycles. The molecule has 0 aliphatic heterocycles. The Morgan fingerprint density at radius 1 is 1.24 bits per heavy atom. The highest BCUT2D eigenvalue weighted by atomic mass is 16.5. The Morgan fingerprint density at radius 3 is 2.67 bits per heavy atom. The number of carbonyl (C=O) groups excluding carboxylic acids is 2. The van der Waals surface area contributed by atoms with Gasteiger partial charge in [0.05, 0.1) is 12.2 Å². The Kier molecular flexibility index (Phi) is 7.29. The van der Waals surface area contributed by atoms with E-state index < -0.39 is 5.97 Å². The number of benzene rings is 1. The molecule has 0 N–H and O–H groups in total. The lowest BCUT2D eigenvalue weighted by Gasteiger charge is -2.17. The number of carbonyl (C=O) groups is 2. The molecule has 0 spiro atoms. The van der Waals surface area contributed by atoms with Crippen molar-refractivity contribution in [2.75, 3.05) is 26.8 Å². The van der Waals surface area contributed by atoms with Gasteiger partial charge in [0.1, 0.15) is 5.75 Å². The summed E-state index contributed by atoms with van der Waals surface area (Å²) in [4.78, 5) is 25.1. The molecule has 1 amide bonds. The largest absolute Gasteiger partial charge is 0.484 e. The molecular weight excluding hydrogens is 270 g/mol. The quantitative estimate of drug-likeness (QED) is 0.691. The minimum atomic E-state index is -0.394. The lowest BCUT2D eigenvalue weighted by molar-refractivity contribution is -0.132. The van der Waals surface area contributed by atoms with E-state index in [2.05, 4.69) is 6.92 Å². The van der Waals surface area contributed by atoms with E-state index in [-0.39, 0.29) is 12.5 Å². The van der Waals surface area contributed by atoms with Crippen LogP contribution in [0.1, 0.15) is 37.0 Å². The minimum absolute atomic E-state index is 0.0352. The summed E-state index contributed by atoms with van der Waals surface area (Å²) in [5.74, 6) is 0.0112. The predicted molar refractivity (Wildman–Crippen MR) is 80.4 cm³/mol. The van der Waals surface area contributed by atoms with Crippen LogP contribution in [0.5, 0.6) is 5.75 Å². The predicted octanol–water partition coefficient (Wildman–Crippen LogP) is 2.50. The number of nitrogens with zero attached hydrogens (tertiary/aromatic N) is 1. The van der Waals surface area contributed by atoms with Gasteiger partial charge in [0.2, 0.25) is 0 Å². The second-order valence-electron chi connectivity index (χ2n) is 4.71. The summed E-state index contributed by atoms with van der Waals surface area (Å²) < 4.78 is 10.4. The molecule has 1 rings (SSSR count). The Bertz CT molecular complexity index is 473. The maximum absolute atomic E-state index is 11.9. The first kappa shape index (κ1) is 17.0. The molecule has 1 aromatic carbocycles. The van der Waals surface area contributed by atoms with E-state index in [1.807, 2.05) is 0 Å². The van der Waals surface area contributed by atoms with Gasteiger partial charge in [-0.25, -0.2) is 4.79 Å². The average Bonchev–Trinajstić information content (AvgIpc) is 2.50. The van der Waals surface area contributed by atoms with Crippen LogP contribution in [0, 0.1) is 0 Å². The number of amides is 1. The van der Waals surface area contributed by atoms with Gasteiger partial charge in [-0.2, -0.15) is 0 Å². The first-order valence-corrected chi connectivity index (χ1v) is 7.22. The zero-order valence-corrected chi connectivity index (χ0v) is 12.9. The van der Waals surface area contributed by atoms with E-state index >= 15 is 0 Å². The van der Waals surface area contributed by atoms with Gasteiger partial charge in [-0.3, -0.25) is 4.79 Å². The Hall–Kier alpha value is -2.04. The number of hydrogen-bond donors (Lipinski definition) is 0. The SMILES string of the molecule is CCCCN(C)C(=O)COc1cccc(C(=O)OCC)c1. The second kappa shape index (κ2) is 9.00. The molecular formula is C16H23NO4. The van der Waals surface area contributed by atoms with Crippen LogP contribution in [-0.2, 0) is 9.53 Å². The van der Waals surface area contributed by atoms with Gasteiger partial charge >= 0.3 is 5.97 Å². The van der Waals surface area contributed by atoms with Crippen molar-refractivity contribution in [1.82, 2.24) is 4.90 Å². The van der Waals surface area contributed by atoms with Gasteiger partial charge in [-0.15, -0.1) is 0 Å². The van der Waals surface area contributed by atoms with Gasteiger partial charge in [0.25, 0.3) is 5.91 Å². The number of rotatable bonds is 8. The summed E-state index contributed by atoms with van der Waals surface area (Å²) in [6.45, 7) is 4.84. The highest BCUT2D eigenvalue weighted by Gasteiger charge is 2.11. The second-order valence-corrected chi connectivity index (χ2v) is 4.71. The summed E-state index contributed by atoms with van der Waals surface area (Å²) in [5.41, 5.74) is 0.418. The number of unbranched alkanes of at least 4 members (excludes halogenated alkanes) is 1. The zero-order chi connectivity index (χ0) is 15.7. The number of likely N-dealkylation sites (N-methyl/N-ethyl adjacent to an activating group) is 1. The molecule has 5 heteroatoms. The summed E-state index contributed by atoms with van der Waals surface area (Å²) in [6.07, 6.45) is 2.01. The Labute approximate surface area is 125 Å². The molecule has 5 nitrogen and oxygen atoms in total. The van der Waals surface area contributed by atoms with Crippen molar-refractivity contribution in [3.8, 4) is 5.75 Å². The molecule has 0 unspecified atom stereocenters. The fourth-order valence-corrected chi connectivity index (χ4v) is 1.70. The van der Waals surface area contributed by atoms with Gasteiger partial charge in [0.15, 0.2) is 6.61 Å². The fraction of sp³-hybridized carbons (Fsp3) is 0.500. The smallest absolute Gasteiger partial charge is 0.338 e. The third-order valence-corrected chi connectivity index (χ3v) is 2.98. The van der Waals surface area contributed by atoms with E-state index in [0.717, 1.165) is 19.4 Å². The van der Waals surface area contributed by atoms with Gasteiger partial charge in [-0.1, -0.05) is 19.4 Å². The van der Waals surface area contributed by atoms with Gasteiger partial charge in [0, 0.05) is 13.6 Å². The van der Waals surface area contributed by atoms with Crippen molar-refractivity contribution in [3.63, 3.8) is 0 Å². The molecule has 0 aromatic heterocycles. The van der Waals surface area contributed by atoms with E-state index in [1.54, 1.807) is 43.1 Å². The molecule has 21 heavy (non-hydrogen) atoms. The molecule has 0 aliphatic rings. The van der Waals surface area contributed by atoms with E-state index in [9.17, 15) is 9.59 Å². The maximum atomic E-state index is 11.9. The summed E-state index contributed by atoms with van der Waals surface area (Å²) in [6, 6.07) is 6.65. The molecule has 1 aromatic rings. The Balaban J connectivity index is 2.53. The van der Waals surface area contributed by atoms with Crippen molar-refractivity contribution in [3.05, 3.63) is 29.8 Å². The van der Waals surface area contributed by atoms with Crippen LogP contribution in [0.4, 0.5) is 0 Å². The Morgan fingerprint density at radius 2 is 2.00 bits per heavy atom. The molecule has 0 saturated heterocycles. The van der Waals surface area contributed by atoms with Crippen LogP contribution in [0.15, 0.2) is 24.3 Å². The maximum Gasteiger partial charge on any atom is 0.338 e. The fourth-order valence-electron chi connectivity index (χ4n) is 1.70. The zero-order valence-electron chi connectivity index (χ0n) is 12.9. The lowest BCUT2D eigenvalue weighted by Crippen LogP contribution is -2.32. The molecule has 0 radical (unpaired) electrons. The summed E-state index contributed by atoms with van der Waals surface area (Å²) in [5, 5.41) is 0. The molecule has 0 fully saturated rings. The summed E-state index contributed by atoms with van der Waals surface area (Å²) >= 11 is 0. The molecule has 0 heterocycles. The van der Waals surface area contributed by atoms with Crippen LogP contribution in [0.25, 0.3) is 0 Å². The standard InChI is InChI=1S/C16H23NO4/c1-4-6-10-17(3)15(18)12-21-14-9-7-8-13(11-14)16(19)20-5-2/h7-9,11H,4-6,10,12H2,1-3H3. The van der Waals surface area contributed by atoms with E-state index in [4.69, 9.17) is 9.47 Å². The minimum Gasteiger partial charge on any atom is -0.484 e. The van der Waals surface area contributed by atoms with Gasteiger partial charge < -0.3 is 14.4 Å². The number of hydrogen-bond acceptors (Lipinski definition) is 4. The topological polar surface area (TPSA) is 55.8 Å². The molecule has 0 aliphatic carbocycles. The summed E-state index contributed by atoms with van der Waals surface area (Å²) in [7, 11) is 1.76. The first-order valence-electron chi connectivity index (χ1n) is 7.22. The van der Waals surface area contributed by atoms with E-state index in [1.165, 1.54) is 0 Å². The van der Waals surface area contributed by atoms with Crippen LogP contribution < -0.4 is 4.74 Å². The highest BCUT2D eigenvalue weighted by molar-refractivity contribution is 5.89. The van der Waals surface area contributed by atoms with Crippen molar-refractivity contribution in [2.24, 2.45) is 0 Å². The van der Waals surface area contributed by atoms with E-state index in [0.29, 0.717) is 17.9 Å². The average molecular weight is 293 g/mol. The van der Waals surface area contributed by atoms with Crippen LogP contribution in [0.3, 0.4) is 0 Å². The van der Waals surface area contributed by atoms with Crippen LogP contribution in [-0.4, -0.2) is 43.6 Å². The molecule has 0 bridgehead atoms.